The lowest BCUT2D eigenvalue weighted by atomic mass is 10.0. The monoisotopic (exact) mass is 1250 g/mol. The van der Waals surface area contributed by atoms with Crippen molar-refractivity contribution < 1.29 is 52.7 Å². The summed E-state index contributed by atoms with van der Waals surface area (Å²) >= 11 is 0. The highest BCUT2D eigenvalue weighted by Gasteiger charge is 2.22. The maximum absolute atomic E-state index is 13.2. The molecule has 0 radical (unpaired) electrons. The number of hydrogen-bond acceptors (Lipinski definition) is 11. The predicted octanol–water partition coefficient (Wildman–Crippen LogP) is 22.8. The van der Waals surface area contributed by atoms with Crippen molar-refractivity contribution in [3.63, 3.8) is 0 Å². The van der Waals surface area contributed by atoms with Crippen molar-refractivity contribution in [3.8, 4) is 0 Å². The quantitative estimate of drug-likeness (QED) is 0.0353. The van der Waals surface area contributed by atoms with Gasteiger partial charge in [0, 0.05) is 26.2 Å². The number of rotatable bonds is 74. The zero-order chi connectivity index (χ0) is 64.0. The topological polar surface area (TPSA) is 144 Å². The molecule has 0 aliphatic heterocycles. The lowest BCUT2D eigenvalue weighted by Crippen LogP contribution is -2.35. The Balaban J connectivity index is 4.78. The molecule has 0 fully saturated rings. The van der Waals surface area contributed by atoms with Gasteiger partial charge in [-0.2, -0.15) is 0 Å². The van der Waals surface area contributed by atoms with Crippen molar-refractivity contribution >= 4 is 23.9 Å². The Hall–Kier alpha value is -2.24. The van der Waals surface area contributed by atoms with E-state index in [2.05, 4.69) is 20.8 Å². The number of ether oxygens (including phenoxy) is 6. The summed E-state index contributed by atoms with van der Waals surface area (Å²) < 4.78 is 34.4. The summed E-state index contributed by atoms with van der Waals surface area (Å²) in [6.07, 6.45) is 71.6. The Morgan fingerprint density at radius 2 is 0.420 bits per heavy atom. The Bertz CT molecular complexity index is 1440. The van der Waals surface area contributed by atoms with E-state index in [0.29, 0.717) is 6.42 Å². The maximum atomic E-state index is 13.2. The van der Waals surface area contributed by atoms with Crippen molar-refractivity contribution in [2.75, 3.05) is 39.6 Å². The Kier molecular flexibility index (Phi) is 70.4. The fourth-order valence-corrected chi connectivity index (χ4v) is 12.0. The van der Waals surface area contributed by atoms with E-state index in [1.54, 1.807) is 0 Å². The SMILES string of the molecule is CCCCCCCCCCCCCCCCCCCCCC(=O)OC(CO)COCC(COCC(COC(C)=O)OC(=O)CCCCCCCCCCCCCCCCCCCCC)OC(=O)CCCCCCCCCCCCCCCCCCCCC. The molecular formula is C77H148O11. The summed E-state index contributed by atoms with van der Waals surface area (Å²) in [6.45, 7) is 7.37. The molecule has 0 aliphatic carbocycles. The third kappa shape index (κ3) is 68.1. The fraction of sp³-hybridized carbons (Fsp3) is 0.948. The third-order valence-electron chi connectivity index (χ3n) is 17.7. The zero-order valence-corrected chi connectivity index (χ0v) is 58.9. The minimum absolute atomic E-state index is 0.0495. The second-order valence-corrected chi connectivity index (χ2v) is 26.7. The summed E-state index contributed by atoms with van der Waals surface area (Å²) in [5.41, 5.74) is 0. The molecule has 11 heteroatoms. The van der Waals surface area contributed by atoms with E-state index in [4.69, 9.17) is 28.4 Å². The molecule has 522 valence electrons. The van der Waals surface area contributed by atoms with E-state index in [1.807, 2.05) is 0 Å². The molecule has 3 atom stereocenters. The normalized spacial score (nSPS) is 12.6. The van der Waals surface area contributed by atoms with Crippen LogP contribution in [0.1, 0.15) is 413 Å². The number of hydrogen-bond donors (Lipinski definition) is 1. The lowest BCUT2D eigenvalue weighted by Gasteiger charge is -2.22. The molecule has 88 heavy (non-hydrogen) atoms. The van der Waals surface area contributed by atoms with Crippen LogP contribution in [-0.2, 0) is 47.6 Å². The van der Waals surface area contributed by atoms with Gasteiger partial charge in [-0.05, 0) is 19.3 Å². The van der Waals surface area contributed by atoms with E-state index < -0.39 is 30.9 Å². The van der Waals surface area contributed by atoms with Crippen LogP contribution in [0.4, 0.5) is 0 Å². The van der Waals surface area contributed by atoms with E-state index >= 15 is 0 Å². The smallest absolute Gasteiger partial charge is 0.306 e. The highest BCUT2D eigenvalue weighted by atomic mass is 16.6. The Labute approximate surface area is 545 Å². The van der Waals surface area contributed by atoms with E-state index in [-0.39, 0.29) is 63.8 Å². The van der Waals surface area contributed by atoms with Crippen molar-refractivity contribution in [1.29, 1.82) is 0 Å². The maximum Gasteiger partial charge on any atom is 0.306 e. The molecule has 0 saturated carbocycles. The molecule has 0 bridgehead atoms. The van der Waals surface area contributed by atoms with Crippen LogP contribution in [0.5, 0.6) is 0 Å². The van der Waals surface area contributed by atoms with Gasteiger partial charge in [-0.1, -0.05) is 367 Å². The molecule has 0 heterocycles. The third-order valence-corrected chi connectivity index (χ3v) is 17.7. The standard InChI is InChI=1S/C77H148O11/c1-5-8-11-14-17-20-23-26-29-32-35-38-41-44-47-50-53-56-59-62-75(80)86-72(65-78)66-83-67-73(87-76(81)63-60-57-54-51-48-45-42-39-36-33-30-27-24-21-18-15-12-9-6-2)68-84-69-74(70-85-71(4)79)88-77(82)64-61-58-55-52-49-46-43-40-37-34-31-28-25-22-19-16-13-10-7-3/h72-74,78H,5-70H2,1-4H3. The van der Waals surface area contributed by atoms with E-state index in [9.17, 15) is 24.3 Å². The van der Waals surface area contributed by atoms with Crippen LogP contribution in [0.25, 0.3) is 0 Å². The minimum Gasteiger partial charge on any atom is -0.462 e. The molecule has 0 rings (SSSR count). The molecule has 0 aromatic carbocycles. The summed E-state index contributed by atoms with van der Waals surface area (Å²) in [6, 6.07) is 0. The molecule has 0 aromatic heterocycles. The Morgan fingerprint density at radius 3 is 0.614 bits per heavy atom. The molecule has 1 N–H and O–H groups in total. The van der Waals surface area contributed by atoms with E-state index in [1.165, 1.54) is 315 Å². The fourth-order valence-electron chi connectivity index (χ4n) is 12.0. The summed E-state index contributed by atoms with van der Waals surface area (Å²) in [5.74, 6) is -1.56. The minimum atomic E-state index is -0.851. The van der Waals surface area contributed by atoms with Gasteiger partial charge in [-0.25, -0.2) is 0 Å². The number of esters is 4. The first-order chi connectivity index (χ1) is 43.2. The molecule has 0 aliphatic rings. The van der Waals surface area contributed by atoms with Gasteiger partial charge in [0.2, 0.25) is 0 Å². The molecule has 3 unspecified atom stereocenters. The van der Waals surface area contributed by atoms with Crippen LogP contribution in [0.15, 0.2) is 0 Å². The van der Waals surface area contributed by atoms with Crippen LogP contribution < -0.4 is 0 Å². The second-order valence-electron chi connectivity index (χ2n) is 26.7. The first kappa shape index (κ1) is 85.8. The number of aliphatic hydroxyl groups is 1. The predicted molar refractivity (Wildman–Crippen MR) is 369 cm³/mol. The highest BCUT2D eigenvalue weighted by molar-refractivity contribution is 5.70. The average molecular weight is 1250 g/mol. The molecule has 11 nitrogen and oxygen atoms in total. The van der Waals surface area contributed by atoms with Gasteiger partial charge in [0.05, 0.1) is 33.0 Å². The second kappa shape index (κ2) is 72.2. The van der Waals surface area contributed by atoms with Crippen LogP contribution in [0.2, 0.25) is 0 Å². The highest BCUT2D eigenvalue weighted by Crippen LogP contribution is 2.20. The number of aliphatic hydroxyl groups excluding tert-OH is 1. The summed E-state index contributed by atoms with van der Waals surface area (Å²) in [4.78, 5) is 50.7. The van der Waals surface area contributed by atoms with E-state index in [0.717, 1.165) is 57.8 Å². The van der Waals surface area contributed by atoms with Crippen molar-refractivity contribution in [3.05, 3.63) is 0 Å². The van der Waals surface area contributed by atoms with Gasteiger partial charge < -0.3 is 33.5 Å². The number of carbonyl (C=O) groups excluding carboxylic acids is 4. The Morgan fingerprint density at radius 1 is 0.250 bits per heavy atom. The molecule has 0 aromatic rings. The van der Waals surface area contributed by atoms with Gasteiger partial charge in [0.1, 0.15) is 18.8 Å². The van der Waals surface area contributed by atoms with Gasteiger partial charge in [0.25, 0.3) is 0 Å². The van der Waals surface area contributed by atoms with Crippen LogP contribution >= 0.6 is 0 Å². The summed E-state index contributed by atoms with van der Waals surface area (Å²) in [5, 5.41) is 10.1. The first-order valence-electron chi connectivity index (χ1n) is 38.7. The van der Waals surface area contributed by atoms with Crippen molar-refractivity contribution in [2.24, 2.45) is 0 Å². The lowest BCUT2D eigenvalue weighted by molar-refractivity contribution is -0.167. The van der Waals surface area contributed by atoms with Crippen LogP contribution in [-0.4, -0.2) is 86.9 Å². The zero-order valence-electron chi connectivity index (χ0n) is 58.9. The van der Waals surface area contributed by atoms with Crippen LogP contribution in [0, 0.1) is 0 Å². The average Bonchev–Trinajstić information content (AvgIpc) is 3.55. The number of unbranched alkanes of at least 4 members (excludes halogenated alkanes) is 54. The first-order valence-corrected chi connectivity index (χ1v) is 38.7. The van der Waals surface area contributed by atoms with Gasteiger partial charge >= 0.3 is 23.9 Å². The van der Waals surface area contributed by atoms with Gasteiger partial charge in [0.15, 0.2) is 6.10 Å². The van der Waals surface area contributed by atoms with Gasteiger partial charge in [-0.3, -0.25) is 19.2 Å². The summed E-state index contributed by atoms with van der Waals surface area (Å²) in [7, 11) is 0. The molecular weight excluding hydrogens is 1100 g/mol. The van der Waals surface area contributed by atoms with Crippen molar-refractivity contribution in [1.82, 2.24) is 0 Å². The van der Waals surface area contributed by atoms with Crippen LogP contribution in [0.3, 0.4) is 0 Å². The molecule has 0 saturated heterocycles. The van der Waals surface area contributed by atoms with Gasteiger partial charge in [-0.15, -0.1) is 0 Å². The largest absolute Gasteiger partial charge is 0.462 e. The van der Waals surface area contributed by atoms with Crippen molar-refractivity contribution in [2.45, 2.75) is 431 Å². The molecule has 0 spiro atoms. The number of carbonyl (C=O) groups is 4. The molecule has 0 amide bonds.